The van der Waals surface area contributed by atoms with Gasteiger partial charge in [0.15, 0.2) is 0 Å². The van der Waals surface area contributed by atoms with Gasteiger partial charge in [0, 0.05) is 0 Å². The minimum absolute atomic E-state index is 0.320. The summed E-state index contributed by atoms with van der Waals surface area (Å²) >= 11 is 0. The standard InChI is InChI=1S/C24H41O4P/c1-25-23(26-2)29(24(27-3)28-4,20-14-8-5-9-15-20,21-16-10-6-11-17-21)22-18-12-7-13-19-22/h5,8-9,14-15,21-24H,6-7,10-13,16-19H2,1-4H3. The Morgan fingerprint density at radius 3 is 1.34 bits per heavy atom. The van der Waals surface area contributed by atoms with Gasteiger partial charge in [-0.2, -0.15) is 0 Å². The van der Waals surface area contributed by atoms with E-state index in [0.717, 1.165) is 0 Å². The predicted octanol–water partition coefficient (Wildman–Crippen LogP) is 5.68. The van der Waals surface area contributed by atoms with Crippen molar-refractivity contribution in [2.45, 2.75) is 87.6 Å². The third-order valence-electron chi connectivity index (χ3n) is 7.88. The number of ether oxygens (including phenoxy) is 4. The third-order valence-corrected chi connectivity index (χ3v) is 16.4. The van der Waals surface area contributed by atoms with E-state index >= 15 is 0 Å². The van der Waals surface area contributed by atoms with Crippen LogP contribution in [0.1, 0.15) is 64.2 Å². The number of rotatable bonds is 9. The van der Waals surface area contributed by atoms with Gasteiger partial charge >= 0.3 is 177 Å². The first-order chi connectivity index (χ1) is 14.2. The van der Waals surface area contributed by atoms with Crippen LogP contribution in [-0.4, -0.2) is 51.8 Å². The molecule has 0 amide bonds. The fourth-order valence-corrected chi connectivity index (χ4v) is 16.3. The first-order valence-corrected chi connectivity index (χ1v) is 13.9. The molecule has 4 nitrogen and oxygen atoms in total. The van der Waals surface area contributed by atoms with Crippen LogP contribution >= 0.6 is 6.60 Å². The maximum absolute atomic E-state index is 6.29. The molecule has 0 aromatic heterocycles. The van der Waals surface area contributed by atoms with E-state index in [1.54, 1.807) is 0 Å². The topological polar surface area (TPSA) is 36.9 Å². The summed E-state index contributed by atoms with van der Waals surface area (Å²) < 4.78 is 25.2. The molecular weight excluding hydrogens is 383 g/mol. The Bertz CT molecular complexity index is 569. The van der Waals surface area contributed by atoms with Crippen molar-refractivity contribution >= 4 is 11.9 Å². The second kappa shape index (κ2) is 10.2. The molecule has 29 heavy (non-hydrogen) atoms. The number of methoxy groups -OCH3 is 4. The van der Waals surface area contributed by atoms with E-state index in [4.69, 9.17) is 18.9 Å². The molecule has 0 radical (unpaired) electrons. The third kappa shape index (κ3) is 3.49. The van der Waals surface area contributed by atoms with Gasteiger partial charge in [-0.15, -0.1) is 0 Å². The van der Waals surface area contributed by atoms with Crippen LogP contribution in [-0.2, 0) is 18.9 Å². The average Bonchev–Trinajstić information content (AvgIpc) is 2.81. The molecule has 0 spiro atoms. The fraction of sp³-hybridized carbons (Fsp3) is 0.750. The summed E-state index contributed by atoms with van der Waals surface area (Å²) in [6.07, 6.45) is 12.5. The van der Waals surface area contributed by atoms with Crippen LogP contribution in [0.15, 0.2) is 30.3 Å². The first-order valence-electron chi connectivity index (χ1n) is 11.4. The van der Waals surface area contributed by atoms with Crippen molar-refractivity contribution in [3.63, 3.8) is 0 Å². The van der Waals surface area contributed by atoms with Gasteiger partial charge in [-0.25, -0.2) is 0 Å². The quantitative estimate of drug-likeness (QED) is 0.377. The molecule has 5 heteroatoms. The van der Waals surface area contributed by atoms with Gasteiger partial charge in [0.05, 0.1) is 0 Å². The van der Waals surface area contributed by atoms with E-state index in [1.165, 1.54) is 69.5 Å². The second-order valence-corrected chi connectivity index (χ2v) is 14.5. The van der Waals surface area contributed by atoms with Gasteiger partial charge < -0.3 is 0 Å². The molecule has 0 bridgehead atoms. The zero-order valence-corrected chi connectivity index (χ0v) is 19.7. The van der Waals surface area contributed by atoms with Gasteiger partial charge in [-0.1, -0.05) is 0 Å². The van der Waals surface area contributed by atoms with E-state index in [9.17, 15) is 0 Å². The Labute approximate surface area is 177 Å². The molecular formula is C24H41O4P. The minimum atomic E-state index is -3.10. The Morgan fingerprint density at radius 2 is 1.00 bits per heavy atom. The molecule has 0 aliphatic heterocycles. The van der Waals surface area contributed by atoms with E-state index in [1.807, 2.05) is 28.4 Å². The van der Waals surface area contributed by atoms with E-state index in [2.05, 4.69) is 30.3 Å². The molecule has 0 heterocycles. The van der Waals surface area contributed by atoms with Crippen LogP contribution in [0, 0.1) is 0 Å². The molecule has 0 atom stereocenters. The first kappa shape index (κ1) is 23.2. The molecule has 1 aromatic rings. The van der Waals surface area contributed by atoms with Crippen molar-refractivity contribution < 1.29 is 18.9 Å². The summed E-state index contributed by atoms with van der Waals surface area (Å²) in [4.78, 5) is 0. The molecule has 0 unspecified atom stereocenters. The SMILES string of the molecule is COC(OC)P(c1ccccc1)(C1CCCCC1)(C1CCCCC1)C(OC)OC. The van der Waals surface area contributed by atoms with Gasteiger partial charge in [0.1, 0.15) is 0 Å². The summed E-state index contributed by atoms with van der Waals surface area (Å²) in [5, 5.41) is 1.37. The van der Waals surface area contributed by atoms with Crippen LogP contribution < -0.4 is 5.30 Å². The Kier molecular flexibility index (Phi) is 8.14. The number of hydrogen-bond donors (Lipinski definition) is 0. The molecule has 0 N–H and O–H groups in total. The Morgan fingerprint density at radius 1 is 0.621 bits per heavy atom. The van der Waals surface area contributed by atoms with Crippen LogP contribution in [0.25, 0.3) is 0 Å². The normalized spacial score (nSPS) is 21.4. The van der Waals surface area contributed by atoms with Crippen molar-refractivity contribution in [2.75, 3.05) is 28.4 Å². The molecule has 2 aliphatic carbocycles. The summed E-state index contributed by atoms with van der Waals surface area (Å²) in [6, 6.07) is 10.5. The summed E-state index contributed by atoms with van der Waals surface area (Å²) in [6.45, 7) is -3.10. The molecule has 166 valence electrons. The van der Waals surface area contributed by atoms with Crippen LogP contribution in [0.4, 0.5) is 0 Å². The molecule has 2 fully saturated rings. The van der Waals surface area contributed by atoms with Crippen LogP contribution in [0.2, 0.25) is 0 Å². The van der Waals surface area contributed by atoms with Crippen LogP contribution in [0.3, 0.4) is 0 Å². The van der Waals surface area contributed by atoms with Gasteiger partial charge in [-0.05, 0) is 0 Å². The number of hydrogen-bond acceptors (Lipinski definition) is 4. The van der Waals surface area contributed by atoms with Gasteiger partial charge in [0.2, 0.25) is 0 Å². The molecule has 1 aromatic carbocycles. The molecule has 2 saturated carbocycles. The summed E-state index contributed by atoms with van der Waals surface area (Å²) in [5.41, 5.74) is 0.991. The maximum atomic E-state index is 6.29. The van der Waals surface area contributed by atoms with Crippen molar-refractivity contribution in [3.8, 4) is 0 Å². The predicted molar refractivity (Wildman–Crippen MR) is 122 cm³/mol. The molecule has 3 rings (SSSR count). The van der Waals surface area contributed by atoms with E-state index in [0.29, 0.717) is 11.3 Å². The van der Waals surface area contributed by atoms with Gasteiger partial charge in [-0.3, -0.25) is 0 Å². The van der Waals surface area contributed by atoms with Crippen molar-refractivity contribution in [1.29, 1.82) is 0 Å². The van der Waals surface area contributed by atoms with Crippen molar-refractivity contribution in [2.24, 2.45) is 0 Å². The van der Waals surface area contributed by atoms with Crippen molar-refractivity contribution in [3.05, 3.63) is 30.3 Å². The van der Waals surface area contributed by atoms with Gasteiger partial charge in [0.25, 0.3) is 0 Å². The second-order valence-electron chi connectivity index (χ2n) is 8.89. The van der Waals surface area contributed by atoms with E-state index in [-0.39, 0.29) is 12.1 Å². The number of benzene rings is 1. The summed E-state index contributed by atoms with van der Waals surface area (Å²) in [5.74, 6) is 0. The fourth-order valence-electron chi connectivity index (χ4n) is 6.97. The zero-order chi connectivity index (χ0) is 20.8. The van der Waals surface area contributed by atoms with Crippen molar-refractivity contribution in [1.82, 2.24) is 0 Å². The molecule has 2 aliphatic rings. The zero-order valence-electron chi connectivity index (χ0n) is 18.8. The molecule has 0 saturated heterocycles. The summed E-state index contributed by atoms with van der Waals surface area (Å²) in [7, 11) is 7.25. The van der Waals surface area contributed by atoms with E-state index < -0.39 is 6.60 Å². The average molecular weight is 425 g/mol. The van der Waals surface area contributed by atoms with Crippen LogP contribution in [0.5, 0.6) is 0 Å². The Balaban J connectivity index is 2.41. The Hall–Kier alpha value is -0.510. The monoisotopic (exact) mass is 424 g/mol.